The molecule has 1 amide bonds. The molecule has 0 spiro atoms. The van der Waals surface area contributed by atoms with Crippen LogP contribution in [0.25, 0.3) is 21.8 Å². The van der Waals surface area contributed by atoms with Gasteiger partial charge in [-0.1, -0.05) is 43.9 Å². The van der Waals surface area contributed by atoms with Crippen molar-refractivity contribution in [2.24, 2.45) is 22.9 Å². The molecule has 1 aromatic carbocycles. The van der Waals surface area contributed by atoms with E-state index in [9.17, 15) is 20.1 Å². The van der Waals surface area contributed by atoms with Crippen molar-refractivity contribution in [1.29, 1.82) is 0 Å². The number of aryl methyl sites for hydroxylation is 1. The van der Waals surface area contributed by atoms with Crippen molar-refractivity contribution >= 4 is 27.7 Å². The van der Waals surface area contributed by atoms with Crippen LogP contribution >= 0.6 is 0 Å². The first-order valence-electron chi connectivity index (χ1n) is 16.8. The molecular weight excluding hydrogens is 604 g/mol. The van der Waals surface area contributed by atoms with E-state index in [1.807, 2.05) is 37.3 Å². The number of aromatic nitrogens is 2. The molecule has 1 aliphatic heterocycles. The summed E-state index contributed by atoms with van der Waals surface area (Å²) in [5.41, 5.74) is 27.6. The lowest BCUT2D eigenvalue weighted by Gasteiger charge is -2.47. The summed E-state index contributed by atoms with van der Waals surface area (Å²) in [6, 6.07) is 7.29. The van der Waals surface area contributed by atoms with Gasteiger partial charge in [0.15, 0.2) is 6.29 Å². The first kappa shape index (κ1) is 35.5. The summed E-state index contributed by atoms with van der Waals surface area (Å²) < 4.78 is 11.9. The quantitative estimate of drug-likeness (QED) is 0.0994. The molecule has 14 heteroatoms. The zero-order valence-electron chi connectivity index (χ0n) is 27.1. The fraction of sp³-hybridized carbons (Fsp3) is 0.636. The Labute approximate surface area is 274 Å². The Morgan fingerprint density at radius 2 is 1.68 bits per heavy atom. The van der Waals surface area contributed by atoms with Crippen molar-refractivity contribution in [3.05, 3.63) is 41.7 Å². The number of ether oxygens (including phenoxy) is 2. The van der Waals surface area contributed by atoms with Crippen molar-refractivity contribution in [1.82, 2.24) is 20.6 Å². The third kappa shape index (κ3) is 8.11. The van der Waals surface area contributed by atoms with E-state index in [4.69, 9.17) is 32.4 Å². The summed E-state index contributed by atoms with van der Waals surface area (Å²) in [7, 11) is 0. The molecule has 0 unspecified atom stereocenters. The number of carbonyl (C=O) groups is 1. The number of fused-ring (bicyclic) bond motifs is 3. The van der Waals surface area contributed by atoms with Crippen LogP contribution in [0.3, 0.4) is 0 Å². The lowest BCUT2D eigenvalue weighted by molar-refractivity contribution is -0.279. The van der Waals surface area contributed by atoms with Crippen LogP contribution in [0.1, 0.15) is 61.1 Å². The highest BCUT2D eigenvalue weighted by Crippen LogP contribution is 2.28. The molecule has 260 valence electrons. The van der Waals surface area contributed by atoms with Crippen LogP contribution in [0.4, 0.5) is 0 Å². The van der Waals surface area contributed by atoms with E-state index in [1.165, 1.54) is 0 Å². The van der Waals surface area contributed by atoms with Crippen molar-refractivity contribution in [3.8, 4) is 0 Å². The highest BCUT2D eigenvalue weighted by atomic mass is 16.7. The Morgan fingerprint density at radius 1 is 0.979 bits per heavy atom. The lowest BCUT2D eigenvalue weighted by atomic mass is 9.82. The number of benzene rings is 1. The van der Waals surface area contributed by atoms with Gasteiger partial charge in [0, 0.05) is 41.5 Å². The maximum absolute atomic E-state index is 12.8. The third-order valence-corrected chi connectivity index (χ3v) is 9.58. The van der Waals surface area contributed by atoms with Crippen LogP contribution in [0.15, 0.2) is 30.3 Å². The number of aromatic amines is 1. The van der Waals surface area contributed by atoms with Crippen LogP contribution in [0.2, 0.25) is 0 Å². The highest BCUT2D eigenvalue weighted by molar-refractivity contribution is 6.10. The Kier molecular flexibility index (Phi) is 12.2. The minimum absolute atomic E-state index is 0.0222. The molecule has 47 heavy (non-hydrogen) atoms. The van der Waals surface area contributed by atoms with Crippen LogP contribution in [-0.2, 0) is 9.47 Å². The molecule has 2 aliphatic rings. The van der Waals surface area contributed by atoms with E-state index in [2.05, 4.69) is 20.6 Å². The first-order chi connectivity index (χ1) is 22.6. The molecule has 0 bridgehead atoms. The number of nitrogens with zero attached hydrogens (tertiary/aromatic N) is 1. The average Bonchev–Trinajstić information content (AvgIpc) is 3.44. The molecule has 3 aromatic rings. The number of hydrogen-bond acceptors (Lipinski definition) is 12. The number of carbonyl (C=O) groups excluding carboxylic acids is 1. The Hall–Kier alpha value is -2.76. The summed E-state index contributed by atoms with van der Waals surface area (Å²) in [6.07, 6.45) is 0.153. The molecule has 2 fully saturated rings. The second-order valence-electron chi connectivity index (χ2n) is 13.0. The number of hydrogen-bond donors (Lipinski definition) is 10. The topological polar surface area (TPSA) is 253 Å². The van der Waals surface area contributed by atoms with Crippen molar-refractivity contribution in [2.45, 2.75) is 113 Å². The summed E-state index contributed by atoms with van der Waals surface area (Å²) in [4.78, 5) is 20.8. The van der Waals surface area contributed by atoms with Crippen LogP contribution < -0.4 is 33.6 Å². The van der Waals surface area contributed by atoms with Gasteiger partial charge in [-0.25, -0.2) is 4.98 Å². The fourth-order valence-corrected chi connectivity index (χ4v) is 6.80. The largest absolute Gasteiger partial charge is 0.390 e. The Balaban J connectivity index is 1.01. The summed E-state index contributed by atoms with van der Waals surface area (Å²) in [5.74, 6) is -0.164. The maximum atomic E-state index is 12.8. The van der Waals surface area contributed by atoms with Crippen molar-refractivity contribution in [2.75, 3.05) is 19.6 Å². The molecule has 5 rings (SSSR count). The lowest BCUT2D eigenvalue weighted by Crippen LogP contribution is -2.69. The molecule has 14 N–H and O–H groups in total. The minimum atomic E-state index is -1.28. The van der Waals surface area contributed by atoms with E-state index in [0.29, 0.717) is 25.2 Å². The molecule has 1 saturated carbocycles. The Bertz CT molecular complexity index is 1470. The van der Waals surface area contributed by atoms with Gasteiger partial charge in [0.1, 0.15) is 24.0 Å². The molecule has 10 atom stereocenters. The minimum Gasteiger partial charge on any atom is -0.390 e. The van der Waals surface area contributed by atoms with E-state index >= 15 is 0 Å². The second-order valence-corrected chi connectivity index (χ2v) is 13.0. The van der Waals surface area contributed by atoms with E-state index in [0.717, 1.165) is 66.0 Å². The number of unbranched alkanes of at least 4 members (excludes halogenated alkanes) is 5. The van der Waals surface area contributed by atoms with E-state index < -0.39 is 61.0 Å². The van der Waals surface area contributed by atoms with Crippen molar-refractivity contribution in [3.63, 3.8) is 0 Å². The first-order valence-corrected chi connectivity index (χ1v) is 16.8. The van der Waals surface area contributed by atoms with Gasteiger partial charge in [-0.2, -0.15) is 0 Å². The standard InChI is InChI=1S/C33H52N8O6/c1-17-26-19(18-10-6-7-11-22(18)41-26)14-23(40-17)32(45)39-13-9-5-3-2-4-8-12-38-27-28(42)20(35)15-21(36)31(27)47-33-25(37)30(44)29(43)24(16-34)46-33/h6-7,10-11,14,20-21,24-25,27-31,33,38,41-44H,2-5,8-9,12-13,15-16,34-37H2,1H3,(H,39,45)/t20-,21+,24-,25-,27+,28+,29-,30-,31-,33+/m1/s1. The smallest absolute Gasteiger partial charge is 0.269 e. The normalized spacial score (nSPS) is 31.4. The van der Waals surface area contributed by atoms with Gasteiger partial charge in [0.2, 0.25) is 0 Å². The predicted octanol–water partition coefficient (Wildman–Crippen LogP) is -0.410. The van der Waals surface area contributed by atoms with E-state index in [1.54, 1.807) is 0 Å². The van der Waals surface area contributed by atoms with Gasteiger partial charge >= 0.3 is 0 Å². The van der Waals surface area contributed by atoms with Gasteiger partial charge in [-0.05, 0) is 44.9 Å². The number of nitrogens with two attached hydrogens (primary N) is 4. The molecule has 3 heterocycles. The summed E-state index contributed by atoms with van der Waals surface area (Å²) in [5, 5.41) is 39.9. The number of rotatable bonds is 14. The molecule has 1 aliphatic carbocycles. The highest BCUT2D eigenvalue weighted by Gasteiger charge is 2.48. The van der Waals surface area contributed by atoms with Gasteiger partial charge < -0.3 is 63.3 Å². The fourth-order valence-electron chi connectivity index (χ4n) is 6.80. The zero-order chi connectivity index (χ0) is 33.7. The molecule has 1 saturated heterocycles. The average molecular weight is 657 g/mol. The third-order valence-electron chi connectivity index (χ3n) is 9.58. The second kappa shape index (κ2) is 16.1. The summed E-state index contributed by atoms with van der Waals surface area (Å²) >= 11 is 0. The monoisotopic (exact) mass is 656 g/mol. The van der Waals surface area contributed by atoms with E-state index in [-0.39, 0.29) is 12.5 Å². The number of para-hydroxylation sites is 1. The van der Waals surface area contributed by atoms with Crippen LogP contribution in [0, 0.1) is 6.92 Å². The number of pyridine rings is 1. The zero-order valence-corrected chi connectivity index (χ0v) is 27.1. The molecule has 2 aromatic heterocycles. The predicted molar refractivity (Wildman–Crippen MR) is 179 cm³/mol. The van der Waals surface area contributed by atoms with Crippen molar-refractivity contribution < 1.29 is 29.6 Å². The van der Waals surface area contributed by atoms with Gasteiger partial charge in [-0.3, -0.25) is 4.79 Å². The molecular formula is C33H52N8O6. The summed E-state index contributed by atoms with van der Waals surface area (Å²) in [6.45, 7) is 3.10. The van der Waals surface area contributed by atoms with Gasteiger partial charge in [0.05, 0.1) is 35.5 Å². The van der Waals surface area contributed by atoms with Crippen LogP contribution in [-0.4, -0.2) is 112 Å². The number of H-pyrrole nitrogens is 1. The van der Waals surface area contributed by atoms with Crippen LogP contribution in [0.5, 0.6) is 0 Å². The molecule has 14 nitrogen and oxygen atoms in total. The number of nitrogens with one attached hydrogen (secondary N) is 3. The number of amides is 1. The van der Waals surface area contributed by atoms with Gasteiger partial charge in [-0.15, -0.1) is 0 Å². The Morgan fingerprint density at radius 3 is 2.43 bits per heavy atom. The maximum Gasteiger partial charge on any atom is 0.269 e. The molecule has 0 radical (unpaired) electrons. The SMILES string of the molecule is Cc1nc(C(=O)NCCCCCCCCN[C@H]2[C@@H](O)[C@H](N)C[C@H](N)[C@H]2O[C@@H]2O[C@H](CN)[C@@H](O)[C@H](O)[C@H]2N)cc2c1[nH]c1ccccc12. The number of aliphatic hydroxyl groups is 3. The van der Waals surface area contributed by atoms with Gasteiger partial charge in [0.25, 0.3) is 5.91 Å². The number of aliphatic hydroxyl groups excluding tert-OH is 3.